The molecule has 532 valence electrons. The molecule has 0 saturated heterocycles. The van der Waals surface area contributed by atoms with Gasteiger partial charge in [0.05, 0.1) is 16.7 Å². The van der Waals surface area contributed by atoms with E-state index in [0.717, 1.165) is 11.9 Å². The van der Waals surface area contributed by atoms with Gasteiger partial charge in [-0.3, -0.25) is 33.1 Å². The Kier molecular flexibility index (Phi) is 63.0. The summed E-state index contributed by atoms with van der Waals surface area (Å²) in [5, 5.41) is 60.4. The fourth-order valence-corrected chi connectivity index (χ4v) is 6.17. The number of aromatic carboxylic acids is 1. The number of aliphatic hydroxyl groups is 2. The molecule has 31 heteroatoms. The van der Waals surface area contributed by atoms with Crippen LogP contribution in [0.3, 0.4) is 0 Å². The molecule has 3 amide bonds. The predicted octanol–water partition coefficient (Wildman–Crippen LogP) is 4.58. The quantitative estimate of drug-likeness (QED) is 0.0132. The summed E-state index contributed by atoms with van der Waals surface area (Å²) in [4.78, 5) is 111. The van der Waals surface area contributed by atoms with Gasteiger partial charge in [-0.1, -0.05) is 137 Å². The third kappa shape index (κ3) is 68.5. The number of carboxylic acid groups (broad SMARTS) is 3. The molecule has 0 unspecified atom stereocenters. The standard InChI is InChI=1S/C28H44N2O6.C10H21NO2.C8H6O4.C6H13NO2.C6H12O3.C4H11N.HNO2.Na.H2O4S/c1-17(2)12-23(25(31)29-15-19(5)6)35-27(33)21-10-9-11-22(14-21)28(34)36-24(13-18(3)4)26(32)30-16-20(7)8;1-7(2)5-9(12)10(13)11-6-8(3)4;9-5-12-7-3-1-2-6(4-7)8(10)11;2*1-4(2)3-5(7)6(8)9;1-4(2)3-5;2-1-3;;1-5(2,3)4/h9-11,14,17-20,23-24H,12-13,15-16H2,1-8H3,(H,29,31)(H,30,32);7-9,12H,5-6H2,1-4H3,(H,11,13);1-5H,(H,10,11);4-5H,3,7H2,1-2H3,(H,8,9);4-5,7H,3H2,1-2H3,(H,8,9);4H,3,5H2,1-2H3;(H,2,3);;(H2,1,2,3,4)/q;;;;;;;+1;/p-1/t23-,24-;9-;;2*5-;;;;/m00.00..../s1. The van der Waals surface area contributed by atoms with Crippen molar-refractivity contribution in [3.63, 3.8) is 0 Å². The van der Waals surface area contributed by atoms with Crippen molar-refractivity contribution in [1.29, 1.82) is 0 Å². The molecule has 0 heterocycles. The summed E-state index contributed by atoms with van der Waals surface area (Å²) in [5.74, 6) is -2.40. The van der Waals surface area contributed by atoms with Crippen LogP contribution in [-0.2, 0) is 48.6 Å². The molecule has 14 N–H and O–H groups in total. The van der Waals surface area contributed by atoms with E-state index in [9.17, 15) is 48.3 Å². The van der Waals surface area contributed by atoms with Crippen LogP contribution in [0.1, 0.15) is 188 Å². The number of rotatable bonds is 29. The van der Waals surface area contributed by atoms with Gasteiger partial charge in [-0.15, -0.1) is 5.34 Å². The Bertz CT molecular complexity index is 2420. The van der Waals surface area contributed by atoms with E-state index in [-0.39, 0.29) is 106 Å². The first kappa shape index (κ1) is 100. The van der Waals surface area contributed by atoms with Crippen LogP contribution < -0.4 is 61.7 Å². The van der Waals surface area contributed by atoms with Crippen LogP contribution in [0.15, 0.2) is 53.9 Å². The molecule has 0 aliphatic carbocycles. The number of nitrogens with one attached hydrogen (secondary N) is 3. The van der Waals surface area contributed by atoms with E-state index in [1.165, 1.54) is 42.5 Å². The van der Waals surface area contributed by atoms with Gasteiger partial charge in [0.1, 0.15) is 17.9 Å². The molecule has 0 spiro atoms. The number of hydrogen-bond acceptors (Lipinski definition) is 21. The van der Waals surface area contributed by atoms with Crippen molar-refractivity contribution in [3.8, 4) is 5.75 Å². The number of carbonyl (C=O) groups is 9. The summed E-state index contributed by atoms with van der Waals surface area (Å²) in [6, 6.07) is 10.9. The minimum absolute atomic E-state index is 0. The zero-order valence-electron chi connectivity index (χ0n) is 57.8. The number of carboxylic acids is 3. The van der Waals surface area contributed by atoms with Gasteiger partial charge in [0.25, 0.3) is 18.3 Å². The first-order valence-corrected chi connectivity index (χ1v) is 31.3. The molecule has 0 bridgehead atoms. The van der Waals surface area contributed by atoms with Gasteiger partial charge < -0.3 is 77.3 Å². The number of esters is 2. The van der Waals surface area contributed by atoms with Crippen molar-refractivity contribution in [2.45, 2.75) is 187 Å². The van der Waals surface area contributed by atoms with Crippen LogP contribution in [0.25, 0.3) is 0 Å². The Morgan fingerprint density at radius 1 is 0.527 bits per heavy atom. The maximum atomic E-state index is 12.9. The number of nitrogens with two attached hydrogens (primary N) is 2. The molecular formula is C62H109N6NaO23S. The zero-order valence-corrected chi connectivity index (χ0v) is 60.6. The van der Waals surface area contributed by atoms with Gasteiger partial charge in [0.2, 0.25) is 5.91 Å². The van der Waals surface area contributed by atoms with E-state index >= 15 is 0 Å². The summed E-state index contributed by atoms with van der Waals surface area (Å²) in [7, 11) is -4.67. The number of aliphatic carboxylic acids is 2. The van der Waals surface area contributed by atoms with E-state index in [4.69, 9.17) is 69.0 Å². The van der Waals surface area contributed by atoms with Gasteiger partial charge in [-0.2, -0.15) is 8.42 Å². The normalized spacial score (nSPS) is 12.0. The third-order valence-electron chi connectivity index (χ3n) is 10.6. The van der Waals surface area contributed by atoms with Crippen LogP contribution in [0.4, 0.5) is 0 Å². The van der Waals surface area contributed by atoms with Gasteiger partial charge in [0, 0.05) is 19.6 Å². The van der Waals surface area contributed by atoms with E-state index in [0.29, 0.717) is 75.4 Å². The summed E-state index contributed by atoms with van der Waals surface area (Å²) in [6.45, 7) is 38.2. The van der Waals surface area contributed by atoms with Crippen LogP contribution in [-0.4, -0.2) is 154 Å². The minimum Gasteiger partial charge on any atom is -0.480 e. The number of carbonyl (C=O) groups excluding carboxylic acids is 6. The van der Waals surface area contributed by atoms with E-state index < -0.39 is 70.7 Å². The molecule has 2 rings (SSSR count). The number of nitrogens with zero attached hydrogens (tertiary/aromatic N) is 1. The summed E-state index contributed by atoms with van der Waals surface area (Å²) >= 11 is 0. The Balaban J connectivity index is -0.000000212. The maximum absolute atomic E-state index is 12.9. The average Bonchev–Trinajstić information content (AvgIpc) is 0.901. The van der Waals surface area contributed by atoms with Crippen molar-refractivity contribution < 1.29 is 130 Å². The summed E-state index contributed by atoms with van der Waals surface area (Å²) < 4.78 is 47.1. The van der Waals surface area contributed by atoms with E-state index in [1.807, 2.05) is 111 Å². The Morgan fingerprint density at radius 3 is 1.10 bits per heavy atom. The molecule has 0 saturated carbocycles. The molecule has 0 radical (unpaired) electrons. The molecule has 29 nitrogen and oxygen atoms in total. The van der Waals surface area contributed by atoms with Crippen molar-refractivity contribution >= 4 is 64.4 Å². The second-order valence-corrected chi connectivity index (χ2v) is 25.3. The topological polar surface area (TPSA) is 498 Å². The van der Waals surface area contributed by atoms with Crippen LogP contribution >= 0.6 is 0 Å². The fraction of sp³-hybridized carbons (Fsp3) is 0.661. The van der Waals surface area contributed by atoms with Crippen LogP contribution in [0.5, 0.6) is 5.75 Å². The van der Waals surface area contributed by atoms with Crippen molar-refractivity contribution in [3.05, 3.63) is 75.3 Å². The number of aliphatic hydroxyl groups excluding tert-OH is 2. The molecule has 2 aromatic carbocycles. The Hall–Kier alpha value is -6.22. The van der Waals surface area contributed by atoms with E-state index in [2.05, 4.69) is 34.5 Å². The zero-order chi connectivity index (χ0) is 73.2. The molecule has 93 heavy (non-hydrogen) atoms. The number of hydrogen-bond donors (Lipinski definition) is 12. The molecule has 5 atom stereocenters. The molecular weight excluding hydrogens is 1250 g/mol. The molecule has 0 aliphatic heterocycles. The van der Waals surface area contributed by atoms with Crippen LogP contribution in [0, 0.1) is 63.4 Å². The summed E-state index contributed by atoms with van der Waals surface area (Å²) in [6.07, 6.45) is -1.75. The number of ether oxygens (including phenoxy) is 3. The second kappa shape index (κ2) is 58.4. The summed E-state index contributed by atoms with van der Waals surface area (Å²) in [5.41, 5.74) is 10.7. The molecule has 2 aromatic rings. The van der Waals surface area contributed by atoms with Crippen molar-refractivity contribution in [2.24, 2.45) is 70.1 Å². The maximum Gasteiger partial charge on any atom is 1.00 e. The fourth-order valence-electron chi connectivity index (χ4n) is 6.17. The second-order valence-electron chi connectivity index (χ2n) is 24.4. The monoisotopic (exact) mass is 1360 g/mol. The van der Waals surface area contributed by atoms with Gasteiger partial charge >= 0.3 is 69.8 Å². The first-order valence-electron chi connectivity index (χ1n) is 29.9. The Morgan fingerprint density at radius 2 is 0.839 bits per heavy atom. The average molecular weight is 1360 g/mol. The van der Waals surface area contributed by atoms with Gasteiger partial charge in [0.15, 0.2) is 18.3 Å². The van der Waals surface area contributed by atoms with Crippen molar-refractivity contribution in [2.75, 3.05) is 26.2 Å². The van der Waals surface area contributed by atoms with Crippen LogP contribution in [0.2, 0.25) is 0 Å². The molecule has 0 aliphatic rings. The minimum atomic E-state index is -4.67. The first-order chi connectivity index (χ1) is 42.2. The Labute approximate surface area is 571 Å². The van der Waals surface area contributed by atoms with E-state index in [1.54, 1.807) is 6.07 Å². The SMILES string of the molecule is CC(C)CN.CC(C)CNC(=O)[C@@H](O)CC(C)C.CC(C)CNC(=O)[C@H](CC(C)C)OC(=O)c1cccc(C(=O)O[C@@H](CC(C)C)C(=O)NCC(C)C)c1.CC(C)C[C@H](N)C(=O)O.CC(C)C[C@H](O)C(=O)O.O=COc1cccc(C(=O)O)c1.O=N[O-].O=S(=O)(O)O.[Na+]. The molecule has 0 aromatic heterocycles. The number of benzene rings is 2. The van der Waals surface area contributed by atoms with Crippen molar-refractivity contribution in [1.82, 2.24) is 16.0 Å². The predicted molar refractivity (Wildman–Crippen MR) is 348 cm³/mol. The van der Waals surface area contributed by atoms with Gasteiger partial charge in [-0.05, 0) is 128 Å². The molecule has 0 fully saturated rings. The van der Waals surface area contributed by atoms with Gasteiger partial charge in [-0.25, -0.2) is 19.2 Å². The smallest absolute Gasteiger partial charge is 0.480 e. The largest absolute Gasteiger partial charge is 1.00 e. The third-order valence-corrected chi connectivity index (χ3v) is 10.6. The number of amides is 3.